The van der Waals surface area contributed by atoms with Crippen LogP contribution in [0.5, 0.6) is 0 Å². The maximum atomic E-state index is 12.6. The second-order valence-corrected chi connectivity index (χ2v) is 6.22. The summed E-state index contributed by atoms with van der Waals surface area (Å²) in [7, 11) is 0. The molecule has 25 heavy (non-hydrogen) atoms. The third-order valence-electron chi connectivity index (χ3n) is 4.57. The quantitative estimate of drug-likeness (QED) is 0.614. The van der Waals surface area contributed by atoms with Gasteiger partial charge >= 0.3 is 0 Å². The normalized spacial score (nSPS) is 17.5. The SMILES string of the molecule is CCC1CCCCN1C(=O)Cn1cnc(-c2cccc([N+](=O)[O-])c2)n1. The highest BCUT2D eigenvalue weighted by Crippen LogP contribution is 2.22. The van der Waals surface area contributed by atoms with Gasteiger partial charge in [-0.1, -0.05) is 19.1 Å². The van der Waals surface area contributed by atoms with Crippen LogP contribution in [0.3, 0.4) is 0 Å². The molecule has 1 aliphatic rings. The van der Waals surface area contributed by atoms with Crippen LogP contribution in [0.1, 0.15) is 32.6 Å². The Kier molecular flexibility index (Phi) is 5.06. The first-order valence-electron chi connectivity index (χ1n) is 8.52. The van der Waals surface area contributed by atoms with E-state index in [0.717, 1.165) is 25.8 Å². The van der Waals surface area contributed by atoms with Crippen LogP contribution in [0.4, 0.5) is 5.69 Å². The Morgan fingerprint density at radius 1 is 1.40 bits per heavy atom. The first-order chi connectivity index (χ1) is 12.1. The van der Waals surface area contributed by atoms with Crippen LogP contribution in [0, 0.1) is 10.1 Å². The number of hydrogen-bond donors (Lipinski definition) is 0. The second kappa shape index (κ2) is 7.42. The van der Waals surface area contributed by atoms with Gasteiger partial charge in [-0.05, 0) is 25.7 Å². The number of piperidine rings is 1. The predicted octanol–water partition coefficient (Wildman–Crippen LogP) is 2.64. The Morgan fingerprint density at radius 2 is 2.24 bits per heavy atom. The van der Waals surface area contributed by atoms with E-state index in [1.807, 2.05) is 4.90 Å². The fourth-order valence-electron chi connectivity index (χ4n) is 3.24. The van der Waals surface area contributed by atoms with E-state index in [1.54, 1.807) is 12.1 Å². The molecule has 2 aromatic rings. The maximum Gasteiger partial charge on any atom is 0.270 e. The lowest BCUT2D eigenvalue weighted by molar-refractivity contribution is -0.384. The molecule has 1 fully saturated rings. The number of nitro groups is 1. The standard InChI is InChI=1S/C17H21N5O3/c1-2-14-7-3-4-9-21(14)16(23)11-20-12-18-17(19-20)13-6-5-8-15(10-13)22(24)25/h5-6,8,10,12,14H,2-4,7,9,11H2,1H3. The van der Waals surface area contributed by atoms with Gasteiger partial charge in [0.25, 0.3) is 5.69 Å². The average Bonchev–Trinajstić information content (AvgIpc) is 3.10. The van der Waals surface area contributed by atoms with E-state index in [1.165, 1.54) is 29.6 Å². The Hall–Kier alpha value is -2.77. The zero-order valence-electron chi connectivity index (χ0n) is 14.2. The third kappa shape index (κ3) is 3.84. The minimum atomic E-state index is -0.453. The molecule has 0 N–H and O–H groups in total. The van der Waals surface area contributed by atoms with Crippen LogP contribution in [-0.2, 0) is 11.3 Å². The van der Waals surface area contributed by atoms with Gasteiger partial charge in [0.2, 0.25) is 5.91 Å². The molecular formula is C17H21N5O3. The van der Waals surface area contributed by atoms with Crippen molar-refractivity contribution in [3.63, 3.8) is 0 Å². The number of aromatic nitrogens is 3. The first-order valence-corrected chi connectivity index (χ1v) is 8.52. The number of nitrogens with zero attached hydrogens (tertiary/aromatic N) is 5. The van der Waals surface area contributed by atoms with Crippen molar-refractivity contribution in [1.82, 2.24) is 19.7 Å². The molecule has 1 saturated heterocycles. The number of nitro benzene ring substituents is 1. The van der Waals surface area contributed by atoms with Crippen molar-refractivity contribution in [2.75, 3.05) is 6.54 Å². The summed E-state index contributed by atoms with van der Waals surface area (Å²) >= 11 is 0. The number of non-ortho nitro benzene ring substituents is 1. The Bertz CT molecular complexity index is 773. The molecule has 1 aromatic carbocycles. The van der Waals surface area contributed by atoms with E-state index in [2.05, 4.69) is 17.0 Å². The first kappa shape index (κ1) is 17.1. The summed E-state index contributed by atoms with van der Waals surface area (Å²) < 4.78 is 1.50. The number of amides is 1. The summed E-state index contributed by atoms with van der Waals surface area (Å²) in [5, 5.41) is 15.2. The third-order valence-corrected chi connectivity index (χ3v) is 4.57. The molecule has 1 amide bonds. The van der Waals surface area contributed by atoms with E-state index in [4.69, 9.17) is 0 Å². The number of likely N-dealkylation sites (tertiary alicyclic amines) is 1. The van der Waals surface area contributed by atoms with Gasteiger partial charge in [0.05, 0.1) is 4.92 Å². The number of carbonyl (C=O) groups excluding carboxylic acids is 1. The van der Waals surface area contributed by atoms with Gasteiger partial charge in [0.1, 0.15) is 12.9 Å². The van der Waals surface area contributed by atoms with E-state index < -0.39 is 4.92 Å². The minimum absolute atomic E-state index is 0.0102. The molecule has 8 heteroatoms. The lowest BCUT2D eigenvalue weighted by Gasteiger charge is -2.35. The molecular weight excluding hydrogens is 322 g/mol. The highest BCUT2D eigenvalue weighted by Gasteiger charge is 2.25. The summed E-state index contributed by atoms with van der Waals surface area (Å²) in [5.74, 6) is 0.421. The maximum absolute atomic E-state index is 12.6. The van der Waals surface area contributed by atoms with Gasteiger partial charge in [-0.25, -0.2) is 9.67 Å². The lowest BCUT2D eigenvalue weighted by Crippen LogP contribution is -2.44. The highest BCUT2D eigenvalue weighted by molar-refractivity contribution is 5.76. The van der Waals surface area contributed by atoms with E-state index in [9.17, 15) is 14.9 Å². The van der Waals surface area contributed by atoms with Crippen molar-refractivity contribution in [1.29, 1.82) is 0 Å². The van der Waals surface area contributed by atoms with Crippen LogP contribution in [0.2, 0.25) is 0 Å². The van der Waals surface area contributed by atoms with E-state index in [-0.39, 0.29) is 18.1 Å². The smallest absolute Gasteiger partial charge is 0.270 e. The minimum Gasteiger partial charge on any atom is -0.338 e. The van der Waals surface area contributed by atoms with Crippen LogP contribution in [-0.4, -0.2) is 43.1 Å². The van der Waals surface area contributed by atoms with Crippen molar-refractivity contribution in [3.8, 4) is 11.4 Å². The second-order valence-electron chi connectivity index (χ2n) is 6.22. The van der Waals surface area contributed by atoms with Gasteiger partial charge in [-0.2, -0.15) is 5.10 Å². The highest BCUT2D eigenvalue weighted by atomic mass is 16.6. The zero-order chi connectivity index (χ0) is 17.8. The van der Waals surface area contributed by atoms with Crippen molar-refractivity contribution < 1.29 is 9.72 Å². The van der Waals surface area contributed by atoms with Crippen molar-refractivity contribution in [3.05, 3.63) is 40.7 Å². The molecule has 0 aliphatic carbocycles. The van der Waals surface area contributed by atoms with Crippen molar-refractivity contribution in [2.45, 2.75) is 45.2 Å². The lowest BCUT2D eigenvalue weighted by atomic mass is 10.00. The van der Waals surface area contributed by atoms with E-state index in [0.29, 0.717) is 17.4 Å². The molecule has 132 valence electrons. The topological polar surface area (TPSA) is 94.2 Å². The van der Waals surface area contributed by atoms with Gasteiger partial charge < -0.3 is 4.90 Å². The summed E-state index contributed by atoms with van der Waals surface area (Å²) in [6.07, 6.45) is 5.72. The molecule has 1 unspecified atom stereocenters. The molecule has 2 heterocycles. The van der Waals surface area contributed by atoms with Crippen LogP contribution >= 0.6 is 0 Å². The molecule has 3 rings (SSSR count). The summed E-state index contributed by atoms with van der Waals surface area (Å²) in [6, 6.07) is 6.47. The van der Waals surface area contributed by atoms with Gasteiger partial charge in [-0.15, -0.1) is 0 Å². The predicted molar refractivity (Wildman–Crippen MR) is 91.8 cm³/mol. The zero-order valence-corrected chi connectivity index (χ0v) is 14.2. The number of benzene rings is 1. The molecule has 0 radical (unpaired) electrons. The molecule has 0 spiro atoms. The average molecular weight is 343 g/mol. The fourth-order valence-corrected chi connectivity index (χ4v) is 3.24. The number of rotatable bonds is 5. The molecule has 0 bridgehead atoms. The van der Waals surface area contributed by atoms with Gasteiger partial charge in [-0.3, -0.25) is 14.9 Å². The molecule has 8 nitrogen and oxygen atoms in total. The Balaban J connectivity index is 1.72. The Morgan fingerprint density at radius 3 is 3.00 bits per heavy atom. The summed E-state index contributed by atoms with van der Waals surface area (Å²) in [4.78, 5) is 29.1. The van der Waals surface area contributed by atoms with E-state index >= 15 is 0 Å². The van der Waals surface area contributed by atoms with Gasteiger partial charge in [0.15, 0.2) is 5.82 Å². The summed E-state index contributed by atoms with van der Waals surface area (Å²) in [6.45, 7) is 3.04. The van der Waals surface area contributed by atoms with Crippen molar-refractivity contribution in [2.24, 2.45) is 0 Å². The molecule has 1 atom stereocenters. The number of hydrogen-bond acceptors (Lipinski definition) is 5. The largest absolute Gasteiger partial charge is 0.338 e. The van der Waals surface area contributed by atoms with Gasteiger partial charge in [0, 0.05) is 30.3 Å². The van der Waals surface area contributed by atoms with Crippen LogP contribution in [0.15, 0.2) is 30.6 Å². The van der Waals surface area contributed by atoms with Crippen LogP contribution < -0.4 is 0 Å². The molecule has 1 aromatic heterocycles. The van der Waals surface area contributed by atoms with Crippen LogP contribution in [0.25, 0.3) is 11.4 Å². The molecule has 0 saturated carbocycles. The number of carbonyl (C=O) groups is 1. The van der Waals surface area contributed by atoms with Crippen molar-refractivity contribution >= 4 is 11.6 Å². The molecule has 1 aliphatic heterocycles. The fraction of sp³-hybridized carbons (Fsp3) is 0.471. The monoisotopic (exact) mass is 343 g/mol. The summed E-state index contributed by atoms with van der Waals surface area (Å²) in [5.41, 5.74) is 0.550. The Labute approximate surface area is 145 Å².